The summed E-state index contributed by atoms with van der Waals surface area (Å²) in [5.41, 5.74) is 1.44. The highest BCUT2D eigenvalue weighted by atomic mass is 32.1. The van der Waals surface area contributed by atoms with Gasteiger partial charge in [0.1, 0.15) is 10.8 Å². The maximum absolute atomic E-state index is 13.3. The number of amides is 1. The van der Waals surface area contributed by atoms with Gasteiger partial charge in [-0.15, -0.1) is 11.3 Å². The highest BCUT2D eigenvalue weighted by molar-refractivity contribution is 7.13. The molecule has 2 heterocycles. The molecule has 128 valence electrons. The third kappa shape index (κ3) is 3.82. The molecule has 6 heteroatoms. The molecule has 1 amide bonds. The summed E-state index contributed by atoms with van der Waals surface area (Å²) >= 11 is 1.42. The monoisotopic (exact) mass is 348 g/mol. The summed E-state index contributed by atoms with van der Waals surface area (Å²) in [4.78, 5) is 18.9. The Hall–Kier alpha value is -1.79. The van der Waals surface area contributed by atoms with Crippen molar-refractivity contribution in [1.29, 1.82) is 0 Å². The van der Waals surface area contributed by atoms with Crippen molar-refractivity contribution in [2.75, 3.05) is 13.2 Å². The number of likely N-dealkylation sites (tertiary alicyclic amines) is 1. The Balaban J connectivity index is 1.69. The zero-order valence-electron chi connectivity index (χ0n) is 13.6. The molecule has 0 spiro atoms. The normalized spacial score (nSPS) is 21.0. The molecule has 0 radical (unpaired) electrons. The van der Waals surface area contributed by atoms with Crippen molar-refractivity contribution >= 4 is 17.2 Å². The number of hydrogen-bond donors (Lipinski definition) is 1. The van der Waals surface area contributed by atoms with Gasteiger partial charge in [-0.3, -0.25) is 4.79 Å². The number of carbonyl (C=O) groups excluding carboxylic acids is 1. The average molecular weight is 348 g/mol. The summed E-state index contributed by atoms with van der Waals surface area (Å²) in [6.45, 7) is 2.78. The van der Waals surface area contributed by atoms with Gasteiger partial charge in [-0.2, -0.15) is 0 Å². The highest BCUT2D eigenvalue weighted by Crippen LogP contribution is 2.26. The van der Waals surface area contributed by atoms with Crippen molar-refractivity contribution in [3.05, 3.63) is 41.2 Å². The highest BCUT2D eigenvalue weighted by Gasteiger charge is 2.28. The van der Waals surface area contributed by atoms with E-state index in [1.807, 2.05) is 23.3 Å². The van der Waals surface area contributed by atoms with Crippen molar-refractivity contribution in [3.63, 3.8) is 0 Å². The molecule has 1 saturated heterocycles. The minimum atomic E-state index is -0.294. The lowest BCUT2D eigenvalue weighted by Gasteiger charge is -2.37. The number of hydrogen-bond acceptors (Lipinski definition) is 4. The molecule has 1 aromatic heterocycles. The number of nitrogens with zero attached hydrogens (tertiary/aromatic N) is 2. The molecule has 24 heavy (non-hydrogen) atoms. The average Bonchev–Trinajstić information content (AvgIpc) is 3.03. The van der Waals surface area contributed by atoms with E-state index in [0.717, 1.165) is 23.4 Å². The molecule has 1 aromatic carbocycles. The summed E-state index contributed by atoms with van der Waals surface area (Å²) in [7, 11) is 0. The number of halogens is 1. The summed E-state index contributed by atoms with van der Waals surface area (Å²) in [6.07, 6.45) is 2.12. The number of thiazole rings is 1. The Kier molecular flexibility index (Phi) is 5.26. The van der Waals surface area contributed by atoms with Crippen molar-refractivity contribution in [3.8, 4) is 10.6 Å². The Bertz CT molecular complexity index is 719. The van der Waals surface area contributed by atoms with E-state index >= 15 is 0 Å². The molecular formula is C18H21FN2O2S. The summed E-state index contributed by atoms with van der Waals surface area (Å²) < 4.78 is 13.3. The van der Waals surface area contributed by atoms with Crippen LogP contribution in [0.15, 0.2) is 29.6 Å². The van der Waals surface area contributed by atoms with E-state index < -0.39 is 0 Å². The van der Waals surface area contributed by atoms with Crippen molar-refractivity contribution in [2.24, 2.45) is 5.92 Å². The molecule has 4 nitrogen and oxygen atoms in total. The topological polar surface area (TPSA) is 53.4 Å². The predicted octanol–water partition coefficient (Wildman–Crippen LogP) is 3.11. The Labute approximate surface area is 145 Å². The van der Waals surface area contributed by atoms with Gasteiger partial charge in [0.05, 0.1) is 12.1 Å². The van der Waals surface area contributed by atoms with Crippen molar-refractivity contribution in [1.82, 2.24) is 9.88 Å². The molecule has 0 bridgehead atoms. The SMILES string of the molecule is CC1CCC(CO)CN1C(=O)Cc1csc(-c2cccc(F)c2)n1. The van der Waals surface area contributed by atoms with Crippen LogP contribution in [0.5, 0.6) is 0 Å². The number of benzene rings is 1. The summed E-state index contributed by atoms with van der Waals surface area (Å²) in [5.74, 6) is -0.0855. The molecule has 0 aliphatic carbocycles. The summed E-state index contributed by atoms with van der Waals surface area (Å²) in [6, 6.07) is 6.51. The van der Waals surface area contributed by atoms with Gasteiger partial charge in [-0.05, 0) is 37.8 Å². The Morgan fingerprint density at radius 3 is 3.04 bits per heavy atom. The van der Waals surface area contributed by atoms with Crippen LogP contribution in [0, 0.1) is 11.7 Å². The number of rotatable bonds is 4. The molecule has 2 unspecified atom stereocenters. The third-order valence-electron chi connectivity index (χ3n) is 4.51. The molecular weight excluding hydrogens is 327 g/mol. The first-order chi connectivity index (χ1) is 11.6. The van der Waals surface area contributed by atoms with Crippen molar-refractivity contribution < 1.29 is 14.3 Å². The number of aliphatic hydroxyl groups is 1. The quantitative estimate of drug-likeness (QED) is 0.924. The fourth-order valence-corrected chi connectivity index (χ4v) is 3.89. The lowest BCUT2D eigenvalue weighted by atomic mass is 9.94. The first kappa shape index (κ1) is 17.0. The standard InChI is InChI=1S/C18H21FN2O2S/c1-12-5-6-13(10-22)9-21(12)17(23)8-16-11-24-18(20-16)14-3-2-4-15(19)7-14/h2-4,7,11-13,22H,5-6,8-10H2,1H3. The van der Waals surface area contributed by atoms with Crippen LogP contribution in [0.3, 0.4) is 0 Å². The smallest absolute Gasteiger partial charge is 0.228 e. The second-order valence-corrected chi connectivity index (χ2v) is 7.21. The number of piperidine rings is 1. The number of aromatic nitrogens is 1. The van der Waals surface area contributed by atoms with E-state index in [9.17, 15) is 14.3 Å². The van der Waals surface area contributed by atoms with E-state index in [1.54, 1.807) is 6.07 Å². The van der Waals surface area contributed by atoms with Crippen LogP contribution in [0.4, 0.5) is 4.39 Å². The fourth-order valence-electron chi connectivity index (χ4n) is 3.08. The van der Waals surface area contributed by atoms with Gasteiger partial charge in [0.2, 0.25) is 5.91 Å². The van der Waals surface area contributed by atoms with Crippen LogP contribution >= 0.6 is 11.3 Å². The Morgan fingerprint density at radius 2 is 2.29 bits per heavy atom. The summed E-state index contributed by atoms with van der Waals surface area (Å²) in [5, 5.41) is 11.9. The Morgan fingerprint density at radius 1 is 1.46 bits per heavy atom. The van der Waals surface area contributed by atoms with Crippen LogP contribution in [-0.4, -0.2) is 40.1 Å². The fraction of sp³-hybridized carbons (Fsp3) is 0.444. The van der Waals surface area contributed by atoms with E-state index in [0.29, 0.717) is 12.2 Å². The van der Waals surface area contributed by atoms with E-state index in [2.05, 4.69) is 4.98 Å². The van der Waals surface area contributed by atoms with Gasteiger partial charge in [0.25, 0.3) is 0 Å². The minimum Gasteiger partial charge on any atom is -0.396 e. The van der Waals surface area contributed by atoms with Crippen LogP contribution in [0.25, 0.3) is 10.6 Å². The maximum Gasteiger partial charge on any atom is 0.228 e. The molecule has 2 aromatic rings. The molecule has 1 N–H and O–H groups in total. The predicted molar refractivity (Wildman–Crippen MR) is 92.2 cm³/mol. The van der Waals surface area contributed by atoms with Crippen molar-refractivity contribution in [2.45, 2.75) is 32.2 Å². The molecule has 1 fully saturated rings. The molecule has 1 aliphatic heterocycles. The first-order valence-corrected chi connectivity index (χ1v) is 9.05. The van der Waals surface area contributed by atoms with Crippen LogP contribution in [0.2, 0.25) is 0 Å². The van der Waals surface area contributed by atoms with E-state index in [1.165, 1.54) is 23.5 Å². The number of aliphatic hydroxyl groups excluding tert-OH is 1. The van der Waals surface area contributed by atoms with Crippen LogP contribution in [-0.2, 0) is 11.2 Å². The first-order valence-electron chi connectivity index (χ1n) is 8.17. The lowest BCUT2D eigenvalue weighted by molar-refractivity contribution is -0.135. The van der Waals surface area contributed by atoms with E-state index in [4.69, 9.17) is 0 Å². The molecule has 3 rings (SSSR count). The molecule has 1 aliphatic rings. The maximum atomic E-state index is 13.3. The van der Waals surface area contributed by atoms with Gasteiger partial charge >= 0.3 is 0 Å². The van der Waals surface area contributed by atoms with Gasteiger partial charge in [0, 0.05) is 30.1 Å². The minimum absolute atomic E-state index is 0.0387. The zero-order chi connectivity index (χ0) is 17.1. The lowest BCUT2D eigenvalue weighted by Crippen LogP contribution is -2.47. The van der Waals surface area contributed by atoms with Crippen LogP contribution in [0.1, 0.15) is 25.5 Å². The largest absolute Gasteiger partial charge is 0.396 e. The van der Waals surface area contributed by atoms with Crippen LogP contribution < -0.4 is 0 Å². The second kappa shape index (κ2) is 7.40. The molecule has 0 saturated carbocycles. The number of carbonyl (C=O) groups is 1. The van der Waals surface area contributed by atoms with Gasteiger partial charge in [-0.1, -0.05) is 12.1 Å². The van der Waals surface area contributed by atoms with E-state index in [-0.39, 0.29) is 36.7 Å². The van der Waals surface area contributed by atoms with Gasteiger partial charge in [-0.25, -0.2) is 9.37 Å². The van der Waals surface area contributed by atoms with Gasteiger partial charge in [0.15, 0.2) is 0 Å². The zero-order valence-corrected chi connectivity index (χ0v) is 14.4. The second-order valence-electron chi connectivity index (χ2n) is 6.35. The third-order valence-corrected chi connectivity index (χ3v) is 5.45. The van der Waals surface area contributed by atoms with Gasteiger partial charge < -0.3 is 10.0 Å². The molecule has 2 atom stereocenters.